The molecule has 0 heterocycles. The minimum atomic E-state index is -0.101. The number of hydrogen-bond acceptors (Lipinski definition) is 3. The van der Waals surface area contributed by atoms with Crippen LogP contribution in [0.5, 0.6) is 11.5 Å². The standard InChI is InChI=1S/C15H13Cl2NO2/c16-12-6-9(7-13(17)15(12)20)18-14-4-1-8-5-10(19)2-3-11(8)14/h2-3,5-7,14,18-20H,1,4H2. The third-order valence-electron chi connectivity index (χ3n) is 3.56. The quantitative estimate of drug-likeness (QED) is 0.716. The predicted molar refractivity (Wildman–Crippen MR) is 80.9 cm³/mol. The molecule has 0 amide bonds. The summed E-state index contributed by atoms with van der Waals surface area (Å²) in [5.74, 6) is 0.191. The second-order valence-corrected chi connectivity index (χ2v) is 5.72. The summed E-state index contributed by atoms with van der Waals surface area (Å²) in [5.41, 5.74) is 3.09. The Bertz CT molecular complexity index is 650. The highest BCUT2D eigenvalue weighted by molar-refractivity contribution is 6.37. The van der Waals surface area contributed by atoms with Gasteiger partial charge in [0.15, 0.2) is 5.75 Å². The zero-order valence-corrected chi connectivity index (χ0v) is 12.0. The molecule has 0 fully saturated rings. The zero-order chi connectivity index (χ0) is 14.3. The van der Waals surface area contributed by atoms with Crippen LogP contribution in [0.3, 0.4) is 0 Å². The van der Waals surface area contributed by atoms with Gasteiger partial charge in [-0.05, 0) is 48.2 Å². The van der Waals surface area contributed by atoms with E-state index in [2.05, 4.69) is 5.32 Å². The summed E-state index contributed by atoms with van der Waals surface area (Å²) >= 11 is 11.8. The minimum Gasteiger partial charge on any atom is -0.508 e. The Morgan fingerprint density at radius 1 is 1.05 bits per heavy atom. The molecule has 1 unspecified atom stereocenters. The molecule has 2 aromatic rings. The summed E-state index contributed by atoms with van der Waals surface area (Å²) in [6, 6.07) is 8.88. The van der Waals surface area contributed by atoms with E-state index in [1.165, 1.54) is 5.56 Å². The van der Waals surface area contributed by atoms with Gasteiger partial charge in [0, 0.05) is 5.69 Å². The van der Waals surface area contributed by atoms with E-state index in [9.17, 15) is 10.2 Å². The second kappa shape index (κ2) is 5.08. The molecule has 104 valence electrons. The molecule has 0 bridgehead atoms. The number of halogens is 2. The number of rotatable bonds is 2. The van der Waals surface area contributed by atoms with Gasteiger partial charge in [-0.1, -0.05) is 29.3 Å². The molecule has 1 aliphatic rings. The Morgan fingerprint density at radius 2 is 1.75 bits per heavy atom. The van der Waals surface area contributed by atoms with Gasteiger partial charge >= 0.3 is 0 Å². The van der Waals surface area contributed by atoms with Crippen molar-refractivity contribution in [2.75, 3.05) is 5.32 Å². The number of aromatic hydroxyl groups is 2. The van der Waals surface area contributed by atoms with E-state index in [-0.39, 0.29) is 21.8 Å². The van der Waals surface area contributed by atoms with Gasteiger partial charge in [-0.2, -0.15) is 0 Å². The average molecular weight is 310 g/mol. The maximum atomic E-state index is 9.56. The van der Waals surface area contributed by atoms with Crippen LogP contribution < -0.4 is 5.32 Å². The average Bonchev–Trinajstić information content (AvgIpc) is 2.78. The minimum absolute atomic E-state index is 0.101. The molecule has 3 rings (SSSR count). The van der Waals surface area contributed by atoms with Crippen molar-refractivity contribution in [2.45, 2.75) is 18.9 Å². The molecule has 0 saturated heterocycles. The fraction of sp³-hybridized carbons (Fsp3) is 0.200. The van der Waals surface area contributed by atoms with Gasteiger partial charge in [-0.25, -0.2) is 0 Å². The molecule has 20 heavy (non-hydrogen) atoms. The first kappa shape index (κ1) is 13.4. The highest BCUT2D eigenvalue weighted by Gasteiger charge is 2.23. The lowest BCUT2D eigenvalue weighted by molar-refractivity contribution is 0.474. The van der Waals surface area contributed by atoms with E-state index in [0.717, 1.165) is 24.1 Å². The van der Waals surface area contributed by atoms with Gasteiger partial charge < -0.3 is 15.5 Å². The monoisotopic (exact) mass is 309 g/mol. The maximum Gasteiger partial charge on any atom is 0.152 e. The summed E-state index contributed by atoms with van der Waals surface area (Å²) in [4.78, 5) is 0. The molecule has 2 aromatic carbocycles. The van der Waals surface area contributed by atoms with Crippen LogP contribution in [0.25, 0.3) is 0 Å². The van der Waals surface area contributed by atoms with Crippen LogP contribution in [0.15, 0.2) is 30.3 Å². The topological polar surface area (TPSA) is 52.5 Å². The van der Waals surface area contributed by atoms with Crippen molar-refractivity contribution in [1.29, 1.82) is 0 Å². The third-order valence-corrected chi connectivity index (χ3v) is 4.14. The number of aryl methyl sites for hydroxylation is 1. The maximum absolute atomic E-state index is 9.56. The molecule has 0 radical (unpaired) electrons. The van der Waals surface area contributed by atoms with Crippen molar-refractivity contribution < 1.29 is 10.2 Å². The van der Waals surface area contributed by atoms with Gasteiger partial charge in [0.1, 0.15) is 5.75 Å². The van der Waals surface area contributed by atoms with Crippen LogP contribution in [0.4, 0.5) is 5.69 Å². The van der Waals surface area contributed by atoms with Gasteiger partial charge in [0.2, 0.25) is 0 Å². The smallest absolute Gasteiger partial charge is 0.152 e. The van der Waals surface area contributed by atoms with Crippen molar-refractivity contribution in [2.24, 2.45) is 0 Å². The van der Waals surface area contributed by atoms with E-state index in [1.54, 1.807) is 24.3 Å². The predicted octanol–water partition coefficient (Wildman–Crippen LogP) is 4.50. The summed E-state index contributed by atoms with van der Waals surface area (Å²) in [7, 11) is 0. The molecular formula is C15H13Cl2NO2. The van der Waals surface area contributed by atoms with Crippen molar-refractivity contribution >= 4 is 28.9 Å². The molecule has 0 spiro atoms. The van der Waals surface area contributed by atoms with Crippen molar-refractivity contribution in [1.82, 2.24) is 0 Å². The molecule has 0 saturated carbocycles. The Morgan fingerprint density at radius 3 is 2.45 bits per heavy atom. The molecule has 5 heteroatoms. The number of hydrogen-bond donors (Lipinski definition) is 3. The first-order chi connectivity index (χ1) is 9.54. The van der Waals surface area contributed by atoms with Crippen LogP contribution in [0.1, 0.15) is 23.6 Å². The lowest BCUT2D eigenvalue weighted by Gasteiger charge is -2.16. The number of phenolic OH excluding ortho intramolecular Hbond substituents is 2. The van der Waals surface area contributed by atoms with Gasteiger partial charge in [-0.3, -0.25) is 0 Å². The van der Waals surface area contributed by atoms with E-state index in [0.29, 0.717) is 5.75 Å². The molecular weight excluding hydrogens is 297 g/mol. The van der Waals surface area contributed by atoms with Gasteiger partial charge in [-0.15, -0.1) is 0 Å². The summed E-state index contributed by atoms with van der Waals surface area (Å²) in [6.07, 6.45) is 1.86. The Labute approximate surface area is 126 Å². The van der Waals surface area contributed by atoms with E-state index < -0.39 is 0 Å². The molecule has 0 aliphatic heterocycles. The zero-order valence-electron chi connectivity index (χ0n) is 10.5. The highest BCUT2D eigenvalue weighted by atomic mass is 35.5. The Hall–Kier alpha value is -1.58. The fourth-order valence-corrected chi connectivity index (χ4v) is 3.09. The van der Waals surface area contributed by atoms with Gasteiger partial charge in [0.25, 0.3) is 0 Å². The number of fused-ring (bicyclic) bond motifs is 1. The first-order valence-corrected chi connectivity index (χ1v) is 7.06. The molecule has 1 atom stereocenters. The SMILES string of the molecule is Oc1ccc2c(c1)CCC2Nc1cc(Cl)c(O)c(Cl)c1. The van der Waals surface area contributed by atoms with E-state index in [4.69, 9.17) is 23.2 Å². The summed E-state index contributed by atoms with van der Waals surface area (Å²) in [5, 5.41) is 22.9. The normalized spacial score (nSPS) is 17.0. The van der Waals surface area contributed by atoms with E-state index in [1.807, 2.05) is 6.07 Å². The first-order valence-electron chi connectivity index (χ1n) is 6.31. The highest BCUT2D eigenvalue weighted by Crippen LogP contribution is 2.39. The molecule has 3 N–H and O–H groups in total. The van der Waals surface area contributed by atoms with Crippen LogP contribution >= 0.6 is 23.2 Å². The van der Waals surface area contributed by atoms with E-state index >= 15 is 0 Å². The number of anilines is 1. The molecule has 3 nitrogen and oxygen atoms in total. The number of phenols is 2. The van der Waals surface area contributed by atoms with Gasteiger partial charge in [0.05, 0.1) is 16.1 Å². The summed E-state index contributed by atoms with van der Waals surface area (Å²) in [6.45, 7) is 0. The van der Waals surface area contributed by atoms with Crippen molar-refractivity contribution in [3.05, 3.63) is 51.5 Å². The molecule has 0 aromatic heterocycles. The lowest BCUT2D eigenvalue weighted by atomic mass is 10.1. The number of nitrogens with one attached hydrogen (secondary N) is 1. The second-order valence-electron chi connectivity index (χ2n) is 4.91. The van der Waals surface area contributed by atoms with Crippen LogP contribution in [0.2, 0.25) is 10.0 Å². The number of benzene rings is 2. The Kier molecular flexibility index (Phi) is 3.40. The summed E-state index contributed by atoms with van der Waals surface area (Å²) < 4.78 is 0. The fourth-order valence-electron chi connectivity index (χ4n) is 2.60. The van der Waals surface area contributed by atoms with Crippen LogP contribution in [-0.2, 0) is 6.42 Å². The van der Waals surface area contributed by atoms with Crippen LogP contribution in [0, 0.1) is 0 Å². The molecule has 1 aliphatic carbocycles. The Balaban J connectivity index is 1.87. The third kappa shape index (κ3) is 2.39. The lowest BCUT2D eigenvalue weighted by Crippen LogP contribution is -2.06. The van der Waals surface area contributed by atoms with Crippen LogP contribution in [-0.4, -0.2) is 10.2 Å². The largest absolute Gasteiger partial charge is 0.508 e. The van der Waals surface area contributed by atoms with Crippen molar-refractivity contribution in [3.63, 3.8) is 0 Å². The van der Waals surface area contributed by atoms with Crippen molar-refractivity contribution in [3.8, 4) is 11.5 Å².